The first-order valence-corrected chi connectivity index (χ1v) is 12.2. The molecule has 0 saturated carbocycles. The fourth-order valence-electron chi connectivity index (χ4n) is 3.68. The van der Waals surface area contributed by atoms with E-state index in [0.717, 1.165) is 16.0 Å². The molecule has 2 amide bonds. The first kappa shape index (κ1) is 26.1. The molecular weight excluding hydrogens is 510 g/mol. The molecule has 0 unspecified atom stereocenters. The molecule has 0 radical (unpaired) electrons. The number of hydrogen-bond donors (Lipinski definition) is 3. The number of halogens is 4. The molecule has 12 heteroatoms. The van der Waals surface area contributed by atoms with E-state index >= 15 is 0 Å². The summed E-state index contributed by atoms with van der Waals surface area (Å²) in [5.74, 6) is -0.985. The summed E-state index contributed by atoms with van der Waals surface area (Å²) in [6.07, 6.45) is 0.00386. The van der Waals surface area contributed by atoms with E-state index < -0.39 is 29.3 Å². The molecule has 0 aliphatic heterocycles. The van der Waals surface area contributed by atoms with Crippen molar-refractivity contribution in [3.63, 3.8) is 0 Å². The van der Waals surface area contributed by atoms with Crippen molar-refractivity contribution in [1.82, 2.24) is 15.0 Å². The number of aryl methyl sites for hydroxylation is 3. The van der Waals surface area contributed by atoms with Gasteiger partial charge in [0, 0.05) is 11.1 Å². The van der Waals surface area contributed by atoms with E-state index in [9.17, 15) is 27.2 Å². The summed E-state index contributed by atoms with van der Waals surface area (Å²) in [5, 5.41) is 4.70. The zero-order valence-electron chi connectivity index (χ0n) is 19.7. The van der Waals surface area contributed by atoms with Crippen LogP contribution < -0.4 is 16.2 Å². The normalized spacial score (nSPS) is 11.5. The quantitative estimate of drug-likeness (QED) is 0.211. The average molecular weight is 532 g/mol. The molecule has 0 atom stereocenters. The lowest BCUT2D eigenvalue weighted by molar-refractivity contribution is -0.137. The van der Waals surface area contributed by atoms with E-state index in [2.05, 4.69) is 25.6 Å². The highest BCUT2D eigenvalue weighted by molar-refractivity contribution is 7.98. The molecule has 4 aromatic rings. The number of anilines is 2. The fourth-order valence-corrected chi connectivity index (χ4v) is 4.28. The number of carbonyl (C=O) groups is 1. The van der Waals surface area contributed by atoms with Crippen molar-refractivity contribution < 1.29 is 22.4 Å². The highest BCUT2D eigenvalue weighted by atomic mass is 32.2. The minimum atomic E-state index is -4.67. The number of alkyl halides is 3. The third-order valence-corrected chi connectivity index (χ3v) is 6.36. The van der Waals surface area contributed by atoms with E-state index in [0.29, 0.717) is 53.6 Å². The second kappa shape index (κ2) is 10.6. The third kappa shape index (κ3) is 6.08. The molecule has 192 valence electrons. The number of amides is 2. The molecule has 3 N–H and O–H groups in total. The Morgan fingerprint density at radius 2 is 1.81 bits per heavy atom. The van der Waals surface area contributed by atoms with Gasteiger partial charge in [0.05, 0.1) is 16.9 Å². The zero-order valence-corrected chi connectivity index (χ0v) is 20.5. The van der Waals surface area contributed by atoms with Gasteiger partial charge in [-0.3, -0.25) is 4.79 Å². The van der Waals surface area contributed by atoms with Crippen LogP contribution in [0.3, 0.4) is 0 Å². The first-order chi connectivity index (χ1) is 17.5. The summed E-state index contributed by atoms with van der Waals surface area (Å²) >= 11 is 1.37. The lowest BCUT2D eigenvalue weighted by Gasteiger charge is -2.14. The van der Waals surface area contributed by atoms with Crippen molar-refractivity contribution in [2.24, 2.45) is 0 Å². The second-order valence-electron chi connectivity index (χ2n) is 8.12. The zero-order chi connectivity index (χ0) is 26.7. The standard InChI is InChI=1S/C25H21F4N5O2S/c1-13-23(35)34-22-21(31-13)15(9-10-30-22)5-3-14-4-8-18(20(11-14)37-2)32-24(36)33-19-12-16(25(27,28)29)6-7-17(19)26/h4,6-12H,3,5H2,1-2H3,(H,30,34,35)(H2,32,33,36). The molecule has 0 aliphatic carbocycles. The highest BCUT2D eigenvalue weighted by Gasteiger charge is 2.31. The number of nitrogens with zero attached hydrogens (tertiary/aromatic N) is 2. The number of hydrogen-bond acceptors (Lipinski definition) is 5. The Morgan fingerprint density at radius 3 is 2.54 bits per heavy atom. The summed E-state index contributed by atoms with van der Waals surface area (Å²) in [4.78, 5) is 36.2. The maximum Gasteiger partial charge on any atom is 0.416 e. The van der Waals surface area contributed by atoms with Crippen molar-refractivity contribution in [2.75, 3.05) is 16.9 Å². The van der Waals surface area contributed by atoms with Gasteiger partial charge in [-0.2, -0.15) is 13.2 Å². The van der Waals surface area contributed by atoms with Crippen molar-refractivity contribution in [3.8, 4) is 0 Å². The van der Waals surface area contributed by atoms with Crippen LogP contribution in [0, 0.1) is 12.7 Å². The van der Waals surface area contributed by atoms with Crippen LogP contribution in [0.25, 0.3) is 11.2 Å². The van der Waals surface area contributed by atoms with Crippen LogP contribution in [-0.4, -0.2) is 27.2 Å². The molecule has 0 fully saturated rings. The van der Waals surface area contributed by atoms with Gasteiger partial charge >= 0.3 is 12.2 Å². The summed E-state index contributed by atoms with van der Waals surface area (Å²) in [7, 11) is 0. The van der Waals surface area contributed by atoms with Crippen molar-refractivity contribution >= 4 is 40.3 Å². The van der Waals surface area contributed by atoms with E-state index in [1.54, 1.807) is 19.2 Å². The molecule has 0 spiro atoms. The Kier molecular flexibility index (Phi) is 7.48. The second-order valence-corrected chi connectivity index (χ2v) is 8.97. The topological polar surface area (TPSA) is 99.8 Å². The van der Waals surface area contributed by atoms with Crippen molar-refractivity contribution in [1.29, 1.82) is 0 Å². The fraction of sp³-hybridized carbons (Fsp3) is 0.200. The largest absolute Gasteiger partial charge is 0.416 e. The SMILES string of the molecule is CSc1cc(CCc2ccnc3[nH]c(=O)c(C)nc23)ccc1NC(=O)Nc1cc(C(F)(F)F)ccc1F. The lowest BCUT2D eigenvalue weighted by atomic mass is 10.0. The van der Waals surface area contributed by atoms with E-state index in [1.165, 1.54) is 11.8 Å². The molecule has 4 rings (SSSR count). The van der Waals surface area contributed by atoms with E-state index in [1.807, 2.05) is 24.5 Å². The van der Waals surface area contributed by atoms with E-state index in [-0.39, 0.29) is 5.56 Å². The molecule has 2 heterocycles. The summed E-state index contributed by atoms with van der Waals surface area (Å²) in [6, 6.07) is 8.14. The Hall–Kier alpha value is -3.93. The van der Waals surface area contributed by atoms with Gasteiger partial charge in [0.1, 0.15) is 17.0 Å². The average Bonchev–Trinajstić information content (AvgIpc) is 2.84. The predicted molar refractivity (Wildman–Crippen MR) is 135 cm³/mol. The van der Waals surface area contributed by atoms with Crippen LogP contribution in [0.5, 0.6) is 0 Å². The van der Waals surface area contributed by atoms with Crippen molar-refractivity contribution in [2.45, 2.75) is 30.8 Å². The number of aromatic nitrogens is 3. The minimum Gasteiger partial charge on any atom is -0.307 e. The Morgan fingerprint density at radius 1 is 1.05 bits per heavy atom. The van der Waals surface area contributed by atoms with Gasteiger partial charge in [-0.1, -0.05) is 6.07 Å². The van der Waals surface area contributed by atoms with Crippen LogP contribution in [0.1, 0.15) is 22.4 Å². The van der Waals surface area contributed by atoms with Gasteiger partial charge in [-0.15, -0.1) is 11.8 Å². The number of carbonyl (C=O) groups excluding carboxylic acids is 1. The Balaban J connectivity index is 1.47. The number of nitrogens with one attached hydrogen (secondary N) is 3. The van der Waals surface area contributed by atoms with Gasteiger partial charge < -0.3 is 15.6 Å². The maximum absolute atomic E-state index is 14.0. The van der Waals surface area contributed by atoms with Crippen molar-refractivity contribution in [3.05, 3.63) is 87.2 Å². The molecule has 2 aromatic heterocycles. The van der Waals surface area contributed by atoms with E-state index in [4.69, 9.17) is 0 Å². The molecule has 2 aromatic carbocycles. The molecular formula is C25H21F4N5O2S. The monoisotopic (exact) mass is 531 g/mol. The number of pyridine rings is 1. The number of fused-ring (bicyclic) bond motifs is 1. The maximum atomic E-state index is 14.0. The van der Waals surface area contributed by atoms with Gasteiger partial charge in [0.15, 0.2) is 5.65 Å². The van der Waals surface area contributed by atoms with Gasteiger partial charge in [-0.25, -0.2) is 19.2 Å². The highest BCUT2D eigenvalue weighted by Crippen LogP contribution is 2.32. The third-order valence-electron chi connectivity index (χ3n) is 5.59. The molecule has 0 saturated heterocycles. The van der Waals surface area contributed by atoms with Gasteiger partial charge in [0.2, 0.25) is 0 Å². The van der Waals surface area contributed by atoms with Crippen LogP contribution in [0.2, 0.25) is 0 Å². The van der Waals surface area contributed by atoms with Crippen LogP contribution in [0.4, 0.5) is 33.7 Å². The summed E-state index contributed by atoms with van der Waals surface area (Å²) in [6.45, 7) is 1.63. The number of aromatic amines is 1. The number of benzene rings is 2. The number of urea groups is 1. The lowest BCUT2D eigenvalue weighted by Crippen LogP contribution is -2.21. The number of thioether (sulfide) groups is 1. The number of rotatable bonds is 6. The molecule has 0 aliphatic rings. The van der Waals surface area contributed by atoms with Crippen LogP contribution in [-0.2, 0) is 19.0 Å². The number of H-pyrrole nitrogens is 1. The van der Waals surface area contributed by atoms with Crippen LogP contribution >= 0.6 is 11.8 Å². The summed E-state index contributed by atoms with van der Waals surface area (Å²) < 4.78 is 52.8. The Bertz CT molecular complexity index is 1540. The smallest absolute Gasteiger partial charge is 0.307 e. The summed E-state index contributed by atoms with van der Waals surface area (Å²) in [5.41, 5.74) is 1.76. The van der Waals surface area contributed by atoms with Crippen LogP contribution in [0.15, 0.2) is 58.4 Å². The van der Waals surface area contributed by atoms with Gasteiger partial charge in [0.25, 0.3) is 5.56 Å². The minimum absolute atomic E-state index is 0.287. The molecule has 0 bridgehead atoms. The molecule has 7 nitrogen and oxygen atoms in total. The first-order valence-electron chi connectivity index (χ1n) is 11.0. The predicted octanol–water partition coefficient (Wildman–Crippen LogP) is 5.94. The Labute approximate surface area is 212 Å². The molecule has 37 heavy (non-hydrogen) atoms. The van der Waals surface area contributed by atoms with Gasteiger partial charge in [-0.05, 0) is 73.5 Å².